The number of fused-ring (bicyclic) bond motifs is 1. The Hall–Kier alpha value is -3.56. The second kappa shape index (κ2) is 8.18. The molecule has 1 aliphatic heterocycles. The Bertz CT molecular complexity index is 1190. The molecule has 2 N–H and O–H groups in total. The van der Waals surface area contributed by atoms with Crippen LogP contribution in [0.2, 0.25) is 0 Å². The maximum Gasteiger partial charge on any atom is 0.573 e. The number of ether oxygens (including phenoxy) is 1. The number of rotatable bonds is 5. The highest BCUT2D eigenvalue weighted by atomic mass is 19.4. The molecule has 4 rings (SSSR count). The van der Waals surface area contributed by atoms with E-state index >= 15 is 0 Å². The fourth-order valence-corrected chi connectivity index (χ4v) is 4.05. The lowest BCUT2D eigenvalue weighted by Crippen LogP contribution is -2.46. The lowest BCUT2D eigenvalue weighted by atomic mass is 9.74. The quantitative estimate of drug-likeness (QED) is 0.619. The van der Waals surface area contributed by atoms with Gasteiger partial charge in [-0.3, -0.25) is 14.6 Å². The van der Waals surface area contributed by atoms with Crippen molar-refractivity contribution < 1.29 is 27.8 Å². The summed E-state index contributed by atoms with van der Waals surface area (Å²) in [5.74, 6) is -1.11. The van der Waals surface area contributed by atoms with Crippen LogP contribution >= 0.6 is 0 Å². The summed E-state index contributed by atoms with van der Waals surface area (Å²) in [6.07, 6.45) is -3.74. The first-order valence-corrected chi connectivity index (χ1v) is 9.97. The number of halogens is 3. The Morgan fingerprint density at radius 1 is 1.16 bits per heavy atom. The third-order valence-corrected chi connectivity index (χ3v) is 5.76. The fourth-order valence-electron chi connectivity index (χ4n) is 4.05. The lowest BCUT2D eigenvalue weighted by molar-refractivity contribution is -0.274. The Labute approximate surface area is 180 Å². The highest BCUT2D eigenvalue weighted by Crippen LogP contribution is 2.36. The molecular formula is C22H20F3N3O4. The van der Waals surface area contributed by atoms with E-state index in [0.29, 0.717) is 32.4 Å². The molecule has 0 saturated carbocycles. The molecule has 0 radical (unpaired) electrons. The van der Waals surface area contributed by atoms with Crippen molar-refractivity contribution in [2.75, 3.05) is 18.0 Å². The molecule has 1 saturated heterocycles. The van der Waals surface area contributed by atoms with Gasteiger partial charge in [0.2, 0.25) is 5.95 Å². The first-order chi connectivity index (χ1) is 15.2. The molecule has 32 heavy (non-hydrogen) atoms. The zero-order chi connectivity index (χ0) is 22.9. The van der Waals surface area contributed by atoms with Gasteiger partial charge in [0.15, 0.2) is 0 Å². The number of benzene rings is 2. The number of hydrogen-bond acceptors (Lipinski definition) is 5. The number of alkyl halides is 3. The summed E-state index contributed by atoms with van der Waals surface area (Å²) in [4.78, 5) is 33.3. The van der Waals surface area contributed by atoms with E-state index in [1.807, 2.05) is 30.3 Å². The zero-order valence-electron chi connectivity index (χ0n) is 16.9. The first kappa shape index (κ1) is 21.7. The van der Waals surface area contributed by atoms with Crippen LogP contribution in [0.4, 0.5) is 19.1 Å². The normalized spacial score (nSPS) is 16.2. The Morgan fingerprint density at radius 3 is 2.47 bits per heavy atom. The fraction of sp³-hybridized carbons (Fsp3) is 0.318. The number of carbonyl (C=O) groups is 1. The minimum absolute atomic E-state index is 0.0310. The van der Waals surface area contributed by atoms with Gasteiger partial charge in [-0.15, -0.1) is 13.2 Å². The number of aromatic nitrogens is 2. The summed E-state index contributed by atoms with van der Waals surface area (Å²) >= 11 is 0. The third kappa shape index (κ3) is 4.53. The lowest BCUT2D eigenvalue weighted by Gasteiger charge is -2.39. The smallest absolute Gasteiger partial charge is 0.481 e. The molecule has 3 aromatic rings. The van der Waals surface area contributed by atoms with E-state index in [2.05, 4.69) is 14.7 Å². The minimum atomic E-state index is -4.86. The van der Waals surface area contributed by atoms with Gasteiger partial charge < -0.3 is 14.7 Å². The molecule has 10 heteroatoms. The Kier molecular flexibility index (Phi) is 5.53. The average Bonchev–Trinajstić information content (AvgIpc) is 2.74. The summed E-state index contributed by atoms with van der Waals surface area (Å²) in [5.41, 5.74) is -0.356. The molecular weight excluding hydrogens is 427 g/mol. The van der Waals surface area contributed by atoms with Crippen LogP contribution in [0.25, 0.3) is 10.9 Å². The number of hydrogen-bond donors (Lipinski definition) is 2. The highest BCUT2D eigenvalue weighted by Gasteiger charge is 2.42. The van der Waals surface area contributed by atoms with Crippen molar-refractivity contribution >= 4 is 22.8 Å². The number of carboxylic acid groups (broad SMARTS) is 1. The van der Waals surface area contributed by atoms with E-state index in [-0.39, 0.29) is 16.9 Å². The number of anilines is 1. The second-order valence-electron chi connectivity index (χ2n) is 7.85. The molecule has 1 fully saturated rings. The molecule has 168 valence electrons. The van der Waals surface area contributed by atoms with Gasteiger partial charge in [0, 0.05) is 13.1 Å². The number of nitrogens with zero attached hydrogens (tertiary/aromatic N) is 2. The van der Waals surface area contributed by atoms with Gasteiger partial charge in [0.25, 0.3) is 5.56 Å². The number of piperidine rings is 1. The van der Waals surface area contributed by atoms with Gasteiger partial charge in [0.05, 0.1) is 16.3 Å². The number of H-pyrrole nitrogens is 1. The predicted octanol–water partition coefficient (Wildman–Crippen LogP) is 3.74. The molecule has 7 nitrogen and oxygen atoms in total. The molecule has 1 aromatic heterocycles. The van der Waals surface area contributed by atoms with Gasteiger partial charge in [-0.05, 0) is 43.0 Å². The predicted molar refractivity (Wildman–Crippen MR) is 111 cm³/mol. The topological polar surface area (TPSA) is 95.5 Å². The van der Waals surface area contributed by atoms with E-state index in [4.69, 9.17) is 0 Å². The van der Waals surface area contributed by atoms with Crippen molar-refractivity contribution in [2.24, 2.45) is 5.41 Å². The van der Waals surface area contributed by atoms with Gasteiger partial charge in [-0.1, -0.05) is 30.3 Å². The monoisotopic (exact) mass is 447 g/mol. The molecule has 0 amide bonds. The number of carboxylic acids is 1. The van der Waals surface area contributed by atoms with Crippen LogP contribution in [-0.2, 0) is 11.2 Å². The van der Waals surface area contributed by atoms with Crippen LogP contribution in [0, 0.1) is 5.41 Å². The van der Waals surface area contributed by atoms with Gasteiger partial charge in [0.1, 0.15) is 5.75 Å². The highest BCUT2D eigenvalue weighted by molar-refractivity contribution is 5.80. The largest absolute Gasteiger partial charge is 0.573 e. The molecule has 0 atom stereocenters. The molecule has 1 aliphatic rings. The SMILES string of the molecule is O=C(O)C1(Cc2ccccc2)CCN(c2nc3ccc(OC(F)(F)F)cc3c(=O)[nH]2)CC1. The van der Waals surface area contributed by atoms with Crippen molar-refractivity contribution in [1.29, 1.82) is 0 Å². The summed E-state index contributed by atoms with van der Waals surface area (Å²) < 4.78 is 41.2. The number of aliphatic carboxylic acids is 1. The first-order valence-electron chi connectivity index (χ1n) is 9.97. The minimum Gasteiger partial charge on any atom is -0.481 e. The van der Waals surface area contributed by atoms with Gasteiger partial charge >= 0.3 is 12.3 Å². The number of nitrogens with one attached hydrogen (secondary N) is 1. The van der Waals surface area contributed by atoms with E-state index in [0.717, 1.165) is 17.7 Å². The number of aromatic amines is 1. The molecule has 0 unspecified atom stereocenters. The summed E-state index contributed by atoms with van der Waals surface area (Å²) in [5, 5.41) is 9.88. The van der Waals surface area contributed by atoms with Gasteiger partial charge in [-0.2, -0.15) is 0 Å². The van der Waals surface area contributed by atoms with Crippen LogP contribution in [0.3, 0.4) is 0 Å². The van der Waals surface area contributed by atoms with Crippen molar-refractivity contribution in [2.45, 2.75) is 25.6 Å². The van der Waals surface area contributed by atoms with Crippen LogP contribution in [-0.4, -0.2) is 40.5 Å². The van der Waals surface area contributed by atoms with Crippen LogP contribution in [0.5, 0.6) is 5.75 Å². The summed E-state index contributed by atoms with van der Waals surface area (Å²) in [7, 11) is 0. The maximum absolute atomic E-state index is 12.5. The van der Waals surface area contributed by atoms with Crippen molar-refractivity contribution in [3.05, 3.63) is 64.4 Å². The van der Waals surface area contributed by atoms with Crippen molar-refractivity contribution in [1.82, 2.24) is 9.97 Å². The van der Waals surface area contributed by atoms with E-state index in [1.165, 1.54) is 6.07 Å². The Balaban J connectivity index is 1.55. The van der Waals surface area contributed by atoms with Crippen molar-refractivity contribution in [3.63, 3.8) is 0 Å². The zero-order valence-corrected chi connectivity index (χ0v) is 16.9. The average molecular weight is 447 g/mol. The standard InChI is InChI=1S/C22H20F3N3O4/c23-22(24,25)32-15-6-7-17-16(12-15)18(29)27-20(26-17)28-10-8-21(9-11-28,19(30)31)13-14-4-2-1-3-5-14/h1-7,12H,8-11,13H2,(H,30,31)(H,26,27,29). The van der Waals surface area contributed by atoms with Crippen molar-refractivity contribution in [3.8, 4) is 5.75 Å². The van der Waals surface area contributed by atoms with Crippen LogP contribution in [0.15, 0.2) is 53.3 Å². The maximum atomic E-state index is 12.5. The van der Waals surface area contributed by atoms with Gasteiger partial charge in [-0.25, -0.2) is 4.98 Å². The van der Waals surface area contributed by atoms with E-state index in [9.17, 15) is 27.9 Å². The Morgan fingerprint density at radius 2 is 1.84 bits per heavy atom. The molecule has 2 heterocycles. The second-order valence-corrected chi connectivity index (χ2v) is 7.85. The summed E-state index contributed by atoms with van der Waals surface area (Å²) in [6, 6.07) is 12.8. The van der Waals surface area contributed by atoms with Crippen LogP contribution < -0.4 is 15.2 Å². The van der Waals surface area contributed by atoms with E-state index < -0.39 is 29.1 Å². The molecule has 0 bridgehead atoms. The van der Waals surface area contributed by atoms with Crippen LogP contribution in [0.1, 0.15) is 18.4 Å². The third-order valence-electron chi connectivity index (χ3n) is 5.76. The molecule has 0 aliphatic carbocycles. The molecule has 2 aromatic carbocycles. The molecule has 0 spiro atoms. The summed E-state index contributed by atoms with van der Waals surface area (Å²) in [6.45, 7) is 0.728. The van der Waals surface area contributed by atoms with E-state index in [1.54, 1.807) is 4.90 Å².